The van der Waals surface area contributed by atoms with E-state index in [2.05, 4.69) is 6.07 Å². The highest BCUT2D eigenvalue weighted by molar-refractivity contribution is 6.00. The topological polar surface area (TPSA) is 59.5 Å². The molecule has 0 radical (unpaired) electrons. The lowest BCUT2D eigenvalue weighted by atomic mass is 10.0. The molecule has 1 aromatic carbocycles. The van der Waals surface area contributed by atoms with Gasteiger partial charge in [0.15, 0.2) is 5.76 Å². The number of nitrogens with zero attached hydrogens (tertiary/aromatic N) is 1. The van der Waals surface area contributed by atoms with Crippen LogP contribution in [0.3, 0.4) is 0 Å². The smallest absolute Gasteiger partial charge is 0.289 e. The van der Waals surface area contributed by atoms with Gasteiger partial charge in [-0.25, -0.2) is 0 Å². The zero-order valence-electron chi connectivity index (χ0n) is 12.2. The normalized spacial score (nSPS) is 19.0. The van der Waals surface area contributed by atoms with E-state index in [9.17, 15) is 4.79 Å². The molecule has 0 bridgehead atoms. The summed E-state index contributed by atoms with van der Waals surface area (Å²) >= 11 is 0. The zero-order valence-corrected chi connectivity index (χ0v) is 12.2. The molecule has 1 aliphatic heterocycles. The number of aryl methyl sites for hydroxylation is 3. The molecule has 2 aromatic rings. The van der Waals surface area contributed by atoms with Gasteiger partial charge in [-0.1, -0.05) is 12.1 Å². The first kappa shape index (κ1) is 13.2. The van der Waals surface area contributed by atoms with E-state index in [1.807, 2.05) is 26.8 Å². The predicted molar refractivity (Wildman–Crippen MR) is 78.9 cm³/mol. The summed E-state index contributed by atoms with van der Waals surface area (Å²) in [6, 6.07) is 4.19. The largest absolute Gasteiger partial charge is 0.450 e. The third-order valence-electron chi connectivity index (χ3n) is 4.19. The molecule has 2 heterocycles. The molecule has 0 saturated carbocycles. The molecule has 1 saturated heterocycles. The molecule has 1 atom stereocenters. The van der Waals surface area contributed by atoms with Crippen LogP contribution in [0.25, 0.3) is 11.0 Å². The van der Waals surface area contributed by atoms with E-state index in [0.29, 0.717) is 18.8 Å². The molecule has 20 heavy (non-hydrogen) atoms. The molecular weight excluding hydrogens is 252 g/mol. The van der Waals surface area contributed by atoms with Gasteiger partial charge in [-0.2, -0.15) is 0 Å². The Hall–Kier alpha value is -1.81. The molecule has 106 valence electrons. The summed E-state index contributed by atoms with van der Waals surface area (Å²) in [7, 11) is 0. The van der Waals surface area contributed by atoms with Crippen molar-refractivity contribution in [2.24, 2.45) is 5.73 Å². The molecule has 1 aliphatic rings. The fourth-order valence-electron chi connectivity index (χ4n) is 2.99. The highest BCUT2D eigenvalue weighted by atomic mass is 16.3. The first-order valence-electron chi connectivity index (χ1n) is 7.03. The Morgan fingerprint density at radius 3 is 2.60 bits per heavy atom. The average Bonchev–Trinajstić information content (AvgIpc) is 2.98. The first-order chi connectivity index (χ1) is 9.49. The first-order valence-corrected chi connectivity index (χ1v) is 7.03. The number of carbonyl (C=O) groups excluding carboxylic acids is 1. The number of hydrogen-bond donors (Lipinski definition) is 1. The van der Waals surface area contributed by atoms with Crippen LogP contribution in [0.1, 0.15) is 33.7 Å². The zero-order chi connectivity index (χ0) is 14.4. The fraction of sp³-hybridized carbons (Fsp3) is 0.438. The van der Waals surface area contributed by atoms with Crippen LogP contribution in [0.4, 0.5) is 0 Å². The minimum absolute atomic E-state index is 0.0366. The van der Waals surface area contributed by atoms with Gasteiger partial charge in [-0.15, -0.1) is 0 Å². The summed E-state index contributed by atoms with van der Waals surface area (Å²) in [5, 5.41) is 1.07. The van der Waals surface area contributed by atoms with Crippen LogP contribution in [0.15, 0.2) is 16.5 Å². The van der Waals surface area contributed by atoms with E-state index in [0.717, 1.165) is 34.1 Å². The quantitative estimate of drug-likeness (QED) is 0.867. The van der Waals surface area contributed by atoms with Crippen molar-refractivity contribution in [3.63, 3.8) is 0 Å². The second kappa shape index (κ2) is 4.63. The van der Waals surface area contributed by atoms with Gasteiger partial charge in [0.25, 0.3) is 5.91 Å². The molecular formula is C16H20N2O2. The number of amides is 1. The van der Waals surface area contributed by atoms with Crippen LogP contribution in [0.5, 0.6) is 0 Å². The molecule has 0 spiro atoms. The van der Waals surface area contributed by atoms with Crippen molar-refractivity contribution in [3.05, 3.63) is 34.6 Å². The van der Waals surface area contributed by atoms with E-state index in [-0.39, 0.29) is 11.9 Å². The third kappa shape index (κ3) is 1.91. The predicted octanol–water partition coefficient (Wildman–Crippen LogP) is 2.53. The standard InChI is InChI=1S/C16H20N2O2/c1-9-4-5-10(2)14-13(9)11(3)15(20-14)16(19)18-7-6-12(17)8-18/h4-5,12H,6-8,17H2,1-3H3/t12-/m0/s1. The van der Waals surface area contributed by atoms with Crippen LogP contribution in [-0.2, 0) is 0 Å². The van der Waals surface area contributed by atoms with E-state index in [4.69, 9.17) is 10.2 Å². The Morgan fingerprint density at radius 2 is 2.00 bits per heavy atom. The molecule has 3 rings (SSSR count). The van der Waals surface area contributed by atoms with E-state index >= 15 is 0 Å². The van der Waals surface area contributed by atoms with Crippen molar-refractivity contribution in [2.45, 2.75) is 33.2 Å². The second-order valence-corrected chi connectivity index (χ2v) is 5.76. The monoisotopic (exact) mass is 272 g/mol. The molecule has 0 aliphatic carbocycles. The summed E-state index contributed by atoms with van der Waals surface area (Å²) < 4.78 is 5.89. The number of furan rings is 1. The Balaban J connectivity index is 2.08. The van der Waals surface area contributed by atoms with Gasteiger partial charge >= 0.3 is 0 Å². The van der Waals surface area contributed by atoms with Gasteiger partial charge in [0.1, 0.15) is 5.58 Å². The molecule has 2 N–H and O–H groups in total. The minimum atomic E-state index is -0.0366. The summed E-state index contributed by atoms with van der Waals surface area (Å²) in [6.07, 6.45) is 0.864. The number of hydrogen-bond acceptors (Lipinski definition) is 3. The third-order valence-corrected chi connectivity index (χ3v) is 4.19. The van der Waals surface area contributed by atoms with E-state index < -0.39 is 0 Å². The Bertz CT molecular complexity index is 687. The highest BCUT2D eigenvalue weighted by Crippen LogP contribution is 2.31. The van der Waals surface area contributed by atoms with Gasteiger partial charge in [-0.3, -0.25) is 4.79 Å². The number of rotatable bonds is 1. The molecule has 1 fully saturated rings. The van der Waals surface area contributed by atoms with Crippen molar-refractivity contribution in [1.82, 2.24) is 4.90 Å². The van der Waals surface area contributed by atoms with Crippen LogP contribution in [0.2, 0.25) is 0 Å². The maximum absolute atomic E-state index is 12.6. The molecule has 4 heteroatoms. The molecule has 0 unspecified atom stereocenters. The lowest BCUT2D eigenvalue weighted by molar-refractivity contribution is 0.0760. The van der Waals surface area contributed by atoms with Crippen LogP contribution in [0, 0.1) is 20.8 Å². The van der Waals surface area contributed by atoms with Gasteiger partial charge in [0.05, 0.1) is 0 Å². The highest BCUT2D eigenvalue weighted by Gasteiger charge is 2.29. The summed E-state index contributed by atoms with van der Waals surface area (Å²) in [4.78, 5) is 14.4. The Labute approximate surface area is 118 Å². The number of benzene rings is 1. The van der Waals surface area contributed by atoms with Crippen LogP contribution < -0.4 is 5.73 Å². The van der Waals surface area contributed by atoms with Gasteiger partial charge in [0.2, 0.25) is 0 Å². The van der Waals surface area contributed by atoms with Gasteiger partial charge in [0, 0.05) is 30.1 Å². The summed E-state index contributed by atoms with van der Waals surface area (Å²) in [5.41, 5.74) is 9.85. The maximum atomic E-state index is 12.6. The number of fused-ring (bicyclic) bond motifs is 1. The maximum Gasteiger partial charge on any atom is 0.289 e. The fourth-order valence-corrected chi connectivity index (χ4v) is 2.99. The van der Waals surface area contributed by atoms with E-state index in [1.165, 1.54) is 0 Å². The lowest BCUT2D eigenvalue weighted by Crippen LogP contribution is -2.31. The lowest BCUT2D eigenvalue weighted by Gasteiger charge is -2.14. The van der Waals surface area contributed by atoms with Gasteiger partial charge < -0.3 is 15.1 Å². The molecule has 4 nitrogen and oxygen atoms in total. The van der Waals surface area contributed by atoms with Gasteiger partial charge in [-0.05, 0) is 38.3 Å². The van der Waals surface area contributed by atoms with Crippen LogP contribution >= 0.6 is 0 Å². The van der Waals surface area contributed by atoms with Crippen molar-refractivity contribution in [2.75, 3.05) is 13.1 Å². The summed E-state index contributed by atoms with van der Waals surface area (Å²) in [6.45, 7) is 7.35. The van der Waals surface area contributed by atoms with Crippen molar-refractivity contribution in [1.29, 1.82) is 0 Å². The minimum Gasteiger partial charge on any atom is -0.450 e. The molecule has 1 amide bonds. The average molecular weight is 272 g/mol. The number of carbonyl (C=O) groups is 1. The van der Waals surface area contributed by atoms with Crippen molar-refractivity contribution < 1.29 is 9.21 Å². The SMILES string of the molecule is Cc1ccc(C)c2c(C)c(C(=O)N3CC[C@H](N)C3)oc12. The Morgan fingerprint density at radius 1 is 1.30 bits per heavy atom. The van der Waals surface area contributed by atoms with Crippen molar-refractivity contribution >= 4 is 16.9 Å². The number of nitrogens with two attached hydrogens (primary N) is 1. The number of likely N-dealkylation sites (tertiary alicyclic amines) is 1. The summed E-state index contributed by atoms with van der Waals surface area (Å²) in [5.74, 6) is 0.428. The van der Waals surface area contributed by atoms with Crippen LogP contribution in [-0.4, -0.2) is 29.9 Å². The second-order valence-electron chi connectivity index (χ2n) is 5.76. The van der Waals surface area contributed by atoms with Crippen molar-refractivity contribution in [3.8, 4) is 0 Å². The molecule has 1 aromatic heterocycles. The van der Waals surface area contributed by atoms with E-state index in [1.54, 1.807) is 4.90 Å². The Kier molecular flexibility index (Phi) is 3.05.